The summed E-state index contributed by atoms with van der Waals surface area (Å²) >= 11 is 0. The Balaban J connectivity index is 0.00000147. The van der Waals surface area contributed by atoms with Crippen molar-refractivity contribution in [2.75, 3.05) is 0 Å². The molecule has 1 heteroatoms. The van der Waals surface area contributed by atoms with Gasteiger partial charge in [-0.2, -0.15) is 42.0 Å². The summed E-state index contributed by atoms with van der Waals surface area (Å²) in [5.41, 5.74) is 5.75. The summed E-state index contributed by atoms with van der Waals surface area (Å²) in [6, 6.07) is 29.5. The van der Waals surface area contributed by atoms with Crippen LogP contribution in [0.4, 0.5) is 0 Å². The summed E-state index contributed by atoms with van der Waals surface area (Å²) in [7, 11) is 0. The summed E-state index contributed by atoms with van der Waals surface area (Å²) in [4.78, 5) is 0. The molecular weight excluding hydrogens is 412 g/mol. The van der Waals surface area contributed by atoms with E-state index in [1.807, 2.05) is 18.2 Å². The molecule has 0 fully saturated rings. The Morgan fingerprint density at radius 2 is 1.40 bits per heavy atom. The van der Waals surface area contributed by atoms with E-state index in [0.29, 0.717) is 0 Å². The monoisotopic (exact) mass is 426 g/mol. The van der Waals surface area contributed by atoms with E-state index in [0.717, 1.165) is 16.7 Å². The molecule has 0 atom stereocenters. The topological polar surface area (TPSA) is 0 Å². The van der Waals surface area contributed by atoms with Crippen molar-refractivity contribution < 1.29 is 21.1 Å². The maximum Gasteiger partial charge on any atom is 2.00 e. The molecule has 0 aliphatic heterocycles. The Kier molecular flexibility index (Phi) is 4.93. The minimum absolute atomic E-state index is 0. The molecule has 0 nitrogen and oxygen atoms in total. The fourth-order valence-corrected chi connectivity index (χ4v) is 2.09. The molecule has 0 saturated heterocycles. The van der Waals surface area contributed by atoms with Gasteiger partial charge in [-0.05, 0) is 6.92 Å². The summed E-state index contributed by atoms with van der Waals surface area (Å²) in [5.74, 6) is 0. The minimum Gasteiger partial charge on any atom is -0.209 e. The van der Waals surface area contributed by atoms with E-state index in [2.05, 4.69) is 67.6 Å². The van der Waals surface area contributed by atoms with Crippen LogP contribution in [0.5, 0.6) is 0 Å². The van der Waals surface area contributed by atoms with Gasteiger partial charge in [-0.25, -0.2) is 5.56 Å². The summed E-state index contributed by atoms with van der Waals surface area (Å²) in [6.45, 7) is 2.10. The van der Waals surface area contributed by atoms with Crippen LogP contribution in [0.15, 0.2) is 66.7 Å². The van der Waals surface area contributed by atoms with E-state index in [9.17, 15) is 0 Å². The van der Waals surface area contributed by atoms with E-state index in [1.165, 1.54) is 11.1 Å². The number of hydrogen-bond donors (Lipinski definition) is 0. The molecule has 0 aliphatic carbocycles. The van der Waals surface area contributed by atoms with Crippen molar-refractivity contribution >= 4 is 0 Å². The maximum absolute atomic E-state index is 3.47. The van der Waals surface area contributed by atoms with E-state index in [4.69, 9.17) is 0 Å². The maximum atomic E-state index is 3.47. The first-order chi connectivity index (χ1) is 9.33. The van der Waals surface area contributed by atoms with E-state index < -0.39 is 0 Å². The zero-order valence-corrected chi connectivity index (χ0v) is 14.2. The second-order valence-electron chi connectivity index (χ2n) is 4.62. The molecular formula is C19H14W. The third-order valence-electron chi connectivity index (χ3n) is 3.16. The Bertz CT molecular complexity index is 670. The van der Waals surface area contributed by atoms with Crippen molar-refractivity contribution in [3.8, 4) is 22.3 Å². The molecule has 0 heterocycles. The van der Waals surface area contributed by atoms with Crippen LogP contribution in [0.1, 0.15) is 5.56 Å². The average Bonchev–Trinajstić information content (AvgIpc) is 2.49. The third-order valence-corrected chi connectivity index (χ3v) is 3.16. The van der Waals surface area contributed by atoms with Crippen molar-refractivity contribution in [2.45, 2.75) is 6.92 Å². The zero-order valence-electron chi connectivity index (χ0n) is 11.3. The molecule has 96 valence electrons. The van der Waals surface area contributed by atoms with Crippen LogP contribution in [-0.2, 0) is 21.1 Å². The number of hydrogen-bond acceptors (Lipinski definition) is 0. The molecule has 0 saturated carbocycles. The largest absolute Gasteiger partial charge is 2.00 e. The Hall–Kier alpha value is -1.65. The van der Waals surface area contributed by atoms with Crippen LogP contribution in [0.2, 0.25) is 0 Å². The summed E-state index contributed by atoms with van der Waals surface area (Å²) < 4.78 is 0. The van der Waals surface area contributed by atoms with Gasteiger partial charge in [0.1, 0.15) is 0 Å². The average molecular weight is 426 g/mol. The van der Waals surface area contributed by atoms with Crippen molar-refractivity contribution in [1.29, 1.82) is 0 Å². The quantitative estimate of drug-likeness (QED) is 0.511. The minimum atomic E-state index is 0. The van der Waals surface area contributed by atoms with Gasteiger partial charge in [0.2, 0.25) is 0 Å². The Labute approximate surface area is 134 Å². The SMILES string of the molecule is Cc1ccc(-c2[c-]c(-c3[c-]cccc3)ccc2)cc1.[W+2]. The molecule has 3 rings (SSSR count). The molecule has 0 amide bonds. The van der Waals surface area contributed by atoms with Gasteiger partial charge in [0.25, 0.3) is 0 Å². The van der Waals surface area contributed by atoms with Crippen molar-refractivity contribution in [1.82, 2.24) is 0 Å². The van der Waals surface area contributed by atoms with Gasteiger partial charge in [0, 0.05) is 0 Å². The van der Waals surface area contributed by atoms with Crippen LogP contribution >= 0.6 is 0 Å². The van der Waals surface area contributed by atoms with Gasteiger partial charge >= 0.3 is 21.1 Å². The van der Waals surface area contributed by atoms with Crippen molar-refractivity contribution in [2.24, 2.45) is 0 Å². The van der Waals surface area contributed by atoms with Crippen LogP contribution < -0.4 is 0 Å². The fourth-order valence-electron chi connectivity index (χ4n) is 2.09. The molecule has 0 unspecified atom stereocenters. The number of rotatable bonds is 2. The van der Waals surface area contributed by atoms with Crippen molar-refractivity contribution in [3.05, 3.63) is 84.4 Å². The molecule has 0 radical (unpaired) electrons. The number of benzene rings is 3. The molecule has 3 aromatic carbocycles. The van der Waals surface area contributed by atoms with Crippen LogP contribution in [0.3, 0.4) is 0 Å². The first kappa shape index (κ1) is 14.8. The second kappa shape index (κ2) is 6.68. The van der Waals surface area contributed by atoms with Gasteiger partial charge in [-0.15, -0.1) is 23.8 Å². The van der Waals surface area contributed by atoms with E-state index in [1.54, 1.807) is 0 Å². The molecule has 20 heavy (non-hydrogen) atoms. The van der Waals surface area contributed by atoms with Gasteiger partial charge in [-0.3, -0.25) is 0 Å². The third kappa shape index (κ3) is 3.26. The van der Waals surface area contributed by atoms with Crippen LogP contribution in [-0.4, -0.2) is 0 Å². The number of aryl methyl sites for hydroxylation is 1. The predicted molar refractivity (Wildman–Crippen MR) is 79.7 cm³/mol. The zero-order chi connectivity index (χ0) is 13.1. The van der Waals surface area contributed by atoms with Crippen LogP contribution in [0.25, 0.3) is 22.3 Å². The molecule has 0 bridgehead atoms. The fraction of sp³-hybridized carbons (Fsp3) is 0.0526. The Morgan fingerprint density at radius 3 is 2.10 bits per heavy atom. The molecule has 0 aromatic heterocycles. The smallest absolute Gasteiger partial charge is 0.209 e. The Morgan fingerprint density at radius 1 is 0.700 bits per heavy atom. The van der Waals surface area contributed by atoms with Crippen LogP contribution in [0, 0.1) is 19.1 Å². The van der Waals surface area contributed by atoms with E-state index in [-0.39, 0.29) is 21.1 Å². The summed E-state index contributed by atoms with van der Waals surface area (Å²) in [5, 5.41) is 0. The predicted octanol–water partition coefficient (Wildman–Crippen LogP) is 4.93. The van der Waals surface area contributed by atoms with Crippen molar-refractivity contribution in [3.63, 3.8) is 0 Å². The van der Waals surface area contributed by atoms with Gasteiger partial charge in [-0.1, -0.05) is 35.4 Å². The molecule has 0 N–H and O–H groups in total. The molecule has 0 aliphatic rings. The first-order valence-corrected chi connectivity index (χ1v) is 6.39. The first-order valence-electron chi connectivity index (χ1n) is 6.39. The second-order valence-corrected chi connectivity index (χ2v) is 4.62. The summed E-state index contributed by atoms with van der Waals surface area (Å²) in [6.07, 6.45) is 0. The van der Waals surface area contributed by atoms with Gasteiger partial charge in [0.15, 0.2) is 0 Å². The standard InChI is InChI=1S/C19H14.W/c1-15-10-12-17(13-11-15)19-9-5-8-18(14-19)16-6-3-2-4-7-16;/h2-6,8-13H,1H3;/q-2;+2. The normalized spacial score (nSPS) is 9.85. The molecule has 0 spiro atoms. The molecule has 3 aromatic rings. The van der Waals surface area contributed by atoms with Gasteiger partial charge < -0.3 is 0 Å². The van der Waals surface area contributed by atoms with E-state index >= 15 is 0 Å². The van der Waals surface area contributed by atoms with Gasteiger partial charge in [0.05, 0.1) is 0 Å².